The van der Waals surface area contributed by atoms with Crippen molar-refractivity contribution >= 4 is 5.91 Å². The fourth-order valence-electron chi connectivity index (χ4n) is 2.38. The van der Waals surface area contributed by atoms with Crippen molar-refractivity contribution in [2.45, 2.75) is 20.3 Å². The third-order valence-corrected chi connectivity index (χ3v) is 3.78. The van der Waals surface area contributed by atoms with Crippen molar-refractivity contribution in [3.05, 3.63) is 54.1 Å². The fraction of sp³-hybridized carbons (Fsp3) is 0.250. The van der Waals surface area contributed by atoms with Crippen LogP contribution in [-0.4, -0.2) is 29.2 Å². The van der Waals surface area contributed by atoms with Crippen LogP contribution in [0.4, 0.5) is 0 Å². The Morgan fingerprint density at radius 1 is 1.15 bits per heavy atom. The summed E-state index contributed by atoms with van der Waals surface area (Å²) in [5.74, 6) is 1.23. The van der Waals surface area contributed by atoms with Gasteiger partial charge in [-0.2, -0.15) is 4.98 Å². The van der Waals surface area contributed by atoms with Crippen LogP contribution >= 0.6 is 0 Å². The molecule has 1 heterocycles. The van der Waals surface area contributed by atoms with Gasteiger partial charge in [0.1, 0.15) is 5.75 Å². The summed E-state index contributed by atoms with van der Waals surface area (Å²) in [6.45, 7) is 4.59. The van der Waals surface area contributed by atoms with Gasteiger partial charge in [0.2, 0.25) is 5.82 Å². The third-order valence-electron chi connectivity index (χ3n) is 3.78. The highest BCUT2D eigenvalue weighted by molar-refractivity contribution is 5.78. The Balaban J connectivity index is 1.77. The van der Waals surface area contributed by atoms with E-state index in [0.29, 0.717) is 29.6 Å². The lowest BCUT2D eigenvalue weighted by molar-refractivity contribution is -0.123. The lowest BCUT2D eigenvalue weighted by Gasteiger charge is -2.09. The van der Waals surface area contributed by atoms with Crippen molar-refractivity contribution < 1.29 is 14.1 Å². The molecule has 6 heteroatoms. The van der Waals surface area contributed by atoms with Crippen molar-refractivity contribution in [2.24, 2.45) is 0 Å². The Bertz CT molecular complexity index is 872. The highest BCUT2D eigenvalue weighted by Gasteiger charge is 2.15. The Labute approximate surface area is 152 Å². The highest BCUT2D eigenvalue weighted by atomic mass is 16.5. The Hall–Kier alpha value is -3.15. The van der Waals surface area contributed by atoms with Gasteiger partial charge in [0.25, 0.3) is 11.8 Å². The average molecular weight is 351 g/mol. The number of carbonyl (C=O) groups is 1. The zero-order valence-electron chi connectivity index (χ0n) is 14.9. The molecule has 0 saturated heterocycles. The minimum Gasteiger partial charge on any atom is -0.483 e. The lowest BCUT2D eigenvalue weighted by Crippen LogP contribution is -2.29. The second kappa shape index (κ2) is 8.29. The standard InChI is InChI=1S/C20H21N3O3/c1-3-12-21-18(24)13-25-17-7-5-4-6-16(17)20-22-19(23-26-20)15-10-8-14(2)9-11-15/h4-11H,3,12-13H2,1-2H3,(H,21,24). The number of rotatable bonds is 7. The van der Waals surface area contributed by atoms with Crippen molar-refractivity contribution in [2.75, 3.05) is 13.2 Å². The van der Waals surface area contributed by atoms with E-state index in [1.165, 1.54) is 0 Å². The molecule has 0 aliphatic rings. The molecule has 1 amide bonds. The maximum absolute atomic E-state index is 11.8. The summed E-state index contributed by atoms with van der Waals surface area (Å²) in [6.07, 6.45) is 0.881. The van der Waals surface area contributed by atoms with Crippen LogP contribution in [-0.2, 0) is 4.79 Å². The van der Waals surface area contributed by atoms with Crippen molar-refractivity contribution in [1.82, 2.24) is 15.5 Å². The topological polar surface area (TPSA) is 77.2 Å². The van der Waals surface area contributed by atoms with Crippen LogP contribution in [0.3, 0.4) is 0 Å². The highest BCUT2D eigenvalue weighted by Crippen LogP contribution is 2.30. The van der Waals surface area contributed by atoms with Crippen LogP contribution in [0.1, 0.15) is 18.9 Å². The molecule has 2 aromatic carbocycles. The Morgan fingerprint density at radius 2 is 1.92 bits per heavy atom. The first-order chi connectivity index (χ1) is 12.7. The maximum atomic E-state index is 11.8. The average Bonchev–Trinajstić information content (AvgIpc) is 3.15. The smallest absolute Gasteiger partial charge is 0.262 e. The second-order valence-electron chi connectivity index (χ2n) is 5.92. The molecule has 1 N–H and O–H groups in total. The van der Waals surface area contributed by atoms with Crippen LogP contribution in [0, 0.1) is 6.92 Å². The molecular formula is C20H21N3O3. The third kappa shape index (κ3) is 4.27. The van der Waals surface area contributed by atoms with Crippen molar-refractivity contribution in [1.29, 1.82) is 0 Å². The molecule has 0 aliphatic heterocycles. The molecule has 26 heavy (non-hydrogen) atoms. The van der Waals surface area contributed by atoms with Gasteiger partial charge in [0.15, 0.2) is 6.61 Å². The molecule has 1 aromatic heterocycles. The number of nitrogens with zero attached hydrogens (tertiary/aromatic N) is 2. The van der Waals surface area contributed by atoms with E-state index in [4.69, 9.17) is 9.26 Å². The summed E-state index contributed by atoms with van der Waals surface area (Å²) in [5, 5.41) is 6.82. The number of hydrogen-bond acceptors (Lipinski definition) is 5. The van der Waals surface area contributed by atoms with E-state index >= 15 is 0 Å². The summed E-state index contributed by atoms with van der Waals surface area (Å²) in [4.78, 5) is 16.2. The molecule has 0 bridgehead atoms. The predicted molar refractivity (Wildman–Crippen MR) is 98.7 cm³/mol. The van der Waals surface area contributed by atoms with E-state index in [1.54, 1.807) is 6.07 Å². The number of nitrogens with one attached hydrogen (secondary N) is 1. The Kier molecular flexibility index (Phi) is 5.63. The van der Waals surface area contributed by atoms with E-state index < -0.39 is 0 Å². The lowest BCUT2D eigenvalue weighted by atomic mass is 10.1. The number of aryl methyl sites for hydroxylation is 1. The van der Waals surface area contributed by atoms with Gasteiger partial charge in [-0.05, 0) is 25.5 Å². The number of hydrogen-bond donors (Lipinski definition) is 1. The number of carbonyl (C=O) groups excluding carboxylic acids is 1. The van der Waals surface area contributed by atoms with E-state index in [0.717, 1.165) is 17.5 Å². The number of benzene rings is 2. The molecule has 6 nitrogen and oxygen atoms in total. The van der Waals surface area contributed by atoms with Gasteiger partial charge in [0.05, 0.1) is 5.56 Å². The molecular weight excluding hydrogens is 330 g/mol. The molecule has 0 aliphatic carbocycles. The summed E-state index contributed by atoms with van der Waals surface area (Å²) in [5.41, 5.74) is 2.70. The van der Waals surface area contributed by atoms with Crippen LogP contribution in [0.5, 0.6) is 5.75 Å². The number of amides is 1. The summed E-state index contributed by atoms with van der Waals surface area (Å²) in [6, 6.07) is 15.2. The van der Waals surface area contributed by atoms with Crippen LogP contribution in [0.2, 0.25) is 0 Å². The van der Waals surface area contributed by atoms with Gasteiger partial charge in [-0.1, -0.05) is 54.0 Å². The maximum Gasteiger partial charge on any atom is 0.262 e. The molecule has 3 rings (SSSR count). The van der Waals surface area contributed by atoms with Gasteiger partial charge < -0.3 is 14.6 Å². The van der Waals surface area contributed by atoms with Gasteiger partial charge >= 0.3 is 0 Å². The van der Waals surface area contributed by atoms with Gasteiger partial charge in [0, 0.05) is 12.1 Å². The van der Waals surface area contributed by atoms with Crippen LogP contribution < -0.4 is 10.1 Å². The molecule has 0 saturated carbocycles. The summed E-state index contributed by atoms with van der Waals surface area (Å²) in [7, 11) is 0. The molecule has 0 spiro atoms. The molecule has 134 valence electrons. The SMILES string of the molecule is CCCNC(=O)COc1ccccc1-c1nc(-c2ccc(C)cc2)no1. The minimum absolute atomic E-state index is 0.0596. The predicted octanol–water partition coefficient (Wildman–Crippen LogP) is 3.62. The van der Waals surface area contributed by atoms with Gasteiger partial charge in [-0.15, -0.1) is 0 Å². The van der Waals surface area contributed by atoms with Gasteiger partial charge in [-0.3, -0.25) is 4.79 Å². The van der Waals surface area contributed by atoms with Crippen LogP contribution in [0.25, 0.3) is 22.8 Å². The Morgan fingerprint density at radius 3 is 2.69 bits per heavy atom. The van der Waals surface area contributed by atoms with Crippen molar-refractivity contribution in [3.8, 4) is 28.6 Å². The number of para-hydroxylation sites is 1. The fourth-order valence-corrected chi connectivity index (χ4v) is 2.38. The quantitative estimate of drug-likeness (QED) is 0.703. The zero-order chi connectivity index (χ0) is 18.4. The number of aromatic nitrogens is 2. The van der Waals surface area contributed by atoms with E-state index in [-0.39, 0.29) is 12.5 Å². The normalized spacial score (nSPS) is 10.5. The zero-order valence-corrected chi connectivity index (χ0v) is 14.9. The summed E-state index contributed by atoms with van der Waals surface area (Å²) < 4.78 is 11.0. The van der Waals surface area contributed by atoms with E-state index in [9.17, 15) is 4.79 Å². The van der Waals surface area contributed by atoms with Crippen LogP contribution in [0.15, 0.2) is 53.1 Å². The number of ether oxygens (including phenoxy) is 1. The largest absolute Gasteiger partial charge is 0.483 e. The first kappa shape index (κ1) is 17.7. The molecule has 0 radical (unpaired) electrons. The molecule has 0 atom stereocenters. The van der Waals surface area contributed by atoms with Crippen molar-refractivity contribution in [3.63, 3.8) is 0 Å². The van der Waals surface area contributed by atoms with E-state index in [2.05, 4.69) is 15.5 Å². The molecule has 0 unspecified atom stereocenters. The van der Waals surface area contributed by atoms with Gasteiger partial charge in [-0.25, -0.2) is 0 Å². The second-order valence-corrected chi connectivity index (χ2v) is 5.92. The van der Waals surface area contributed by atoms with E-state index in [1.807, 2.05) is 56.3 Å². The first-order valence-corrected chi connectivity index (χ1v) is 8.57. The molecule has 0 fully saturated rings. The monoisotopic (exact) mass is 351 g/mol. The summed E-state index contributed by atoms with van der Waals surface area (Å²) >= 11 is 0. The minimum atomic E-state index is -0.160. The first-order valence-electron chi connectivity index (χ1n) is 8.57. The molecule has 3 aromatic rings.